The van der Waals surface area contributed by atoms with Gasteiger partial charge in [-0.1, -0.05) is 19.9 Å². The number of nitrogens with one attached hydrogen (secondary N) is 1. The molecular formula is C18H24N2O3. The van der Waals surface area contributed by atoms with Crippen LogP contribution in [0.15, 0.2) is 18.2 Å². The van der Waals surface area contributed by atoms with Gasteiger partial charge in [0.05, 0.1) is 0 Å². The quantitative estimate of drug-likeness (QED) is 0.663. The molecule has 0 bridgehead atoms. The second-order valence-electron chi connectivity index (χ2n) is 7.45. The van der Waals surface area contributed by atoms with E-state index in [0.29, 0.717) is 17.9 Å². The molecule has 1 spiro atoms. The van der Waals surface area contributed by atoms with E-state index in [4.69, 9.17) is 5.21 Å². The summed E-state index contributed by atoms with van der Waals surface area (Å²) in [6, 6.07) is 5.57. The maximum absolute atomic E-state index is 12.3. The molecule has 124 valence electrons. The van der Waals surface area contributed by atoms with E-state index in [1.165, 1.54) is 5.56 Å². The van der Waals surface area contributed by atoms with Crippen LogP contribution in [0.25, 0.3) is 0 Å². The molecule has 0 saturated carbocycles. The molecule has 5 nitrogen and oxygen atoms in total. The molecule has 0 radical (unpaired) electrons. The summed E-state index contributed by atoms with van der Waals surface area (Å²) < 4.78 is 0. The molecule has 1 aliphatic carbocycles. The SMILES string of the molecule is CC(C)CN1C[C@@]2(CCc3ccc(C(=O)NO)cc3C2)CC1=O. The summed E-state index contributed by atoms with van der Waals surface area (Å²) in [5.41, 5.74) is 4.54. The minimum atomic E-state index is -0.489. The molecule has 2 aliphatic rings. The van der Waals surface area contributed by atoms with Crippen molar-refractivity contribution in [3.63, 3.8) is 0 Å². The number of likely N-dealkylation sites (tertiary alicyclic amines) is 1. The zero-order valence-electron chi connectivity index (χ0n) is 13.8. The lowest BCUT2D eigenvalue weighted by molar-refractivity contribution is -0.128. The van der Waals surface area contributed by atoms with E-state index >= 15 is 0 Å². The van der Waals surface area contributed by atoms with Crippen LogP contribution in [0.2, 0.25) is 0 Å². The standard InChI is InChI=1S/C18H24N2O3/c1-12(2)10-20-11-18(9-16(20)21)6-5-13-3-4-14(17(22)19-23)7-15(13)8-18/h3-4,7,12,23H,5-6,8-11H2,1-2H3,(H,19,22)/t18-/m1/s1. The topological polar surface area (TPSA) is 69.6 Å². The lowest BCUT2D eigenvalue weighted by Gasteiger charge is -2.34. The van der Waals surface area contributed by atoms with E-state index in [1.807, 2.05) is 17.0 Å². The highest BCUT2D eigenvalue weighted by Gasteiger charge is 2.44. The molecular weight excluding hydrogens is 292 g/mol. The van der Waals surface area contributed by atoms with E-state index < -0.39 is 5.91 Å². The number of hydroxylamine groups is 1. The number of hydrogen-bond acceptors (Lipinski definition) is 3. The Morgan fingerprint density at radius 2 is 2.13 bits per heavy atom. The van der Waals surface area contributed by atoms with Gasteiger partial charge in [0.2, 0.25) is 5.91 Å². The van der Waals surface area contributed by atoms with Crippen LogP contribution in [-0.2, 0) is 17.6 Å². The Hall–Kier alpha value is -1.88. The second-order valence-corrected chi connectivity index (χ2v) is 7.45. The zero-order valence-corrected chi connectivity index (χ0v) is 13.8. The fourth-order valence-electron chi connectivity index (χ4n) is 4.01. The molecule has 0 aromatic heterocycles. The van der Waals surface area contributed by atoms with Crippen LogP contribution < -0.4 is 5.48 Å². The molecule has 1 aromatic rings. The molecule has 1 fully saturated rings. The molecule has 1 aromatic carbocycles. The fraction of sp³-hybridized carbons (Fsp3) is 0.556. The number of hydrogen-bond donors (Lipinski definition) is 2. The van der Waals surface area contributed by atoms with E-state index in [2.05, 4.69) is 13.8 Å². The van der Waals surface area contributed by atoms with Crippen LogP contribution in [0, 0.1) is 11.3 Å². The third-order valence-electron chi connectivity index (χ3n) is 5.05. The molecule has 5 heteroatoms. The predicted molar refractivity (Wildman–Crippen MR) is 86.2 cm³/mol. The maximum Gasteiger partial charge on any atom is 0.274 e. The van der Waals surface area contributed by atoms with Gasteiger partial charge < -0.3 is 4.90 Å². The zero-order chi connectivity index (χ0) is 16.6. The Bertz CT molecular complexity index is 641. The molecule has 1 heterocycles. The van der Waals surface area contributed by atoms with Crippen molar-refractivity contribution in [3.8, 4) is 0 Å². The number of aryl methyl sites for hydroxylation is 1. The highest BCUT2D eigenvalue weighted by Crippen LogP contribution is 2.43. The smallest absolute Gasteiger partial charge is 0.274 e. The van der Waals surface area contributed by atoms with Crippen molar-refractivity contribution in [2.24, 2.45) is 11.3 Å². The van der Waals surface area contributed by atoms with Gasteiger partial charge in [0, 0.05) is 30.5 Å². The molecule has 2 amide bonds. The third kappa shape index (κ3) is 3.11. The molecule has 0 unspecified atom stereocenters. The van der Waals surface area contributed by atoms with Crippen molar-refractivity contribution >= 4 is 11.8 Å². The van der Waals surface area contributed by atoms with E-state index in [-0.39, 0.29) is 11.3 Å². The number of rotatable bonds is 3. The number of carbonyl (C=O) groups is 2. The van der Waals surface area contributed by atoms with Crippen molar-refractivity contribution in [3.05, 3.63) is 34.9 Å². The Morgan fingerprint density at radius 3 is 2.83 bits per heavy atom. The fourth-order valence-corrected chi connectivity index (χ4v) is 4.01. The van der Waals surface area contributed by atoms with Gasteiger partial charge in [-0.2, -0.15) is 0 Å². The summed E-state index contributed by atoms with van der Waals surface area (Å²) >= 11 is 0. The Balaban J connectivity index is 1.82. The van der Waals surface area contributed by atoms with Crippen LogP contribution in [-0.4, -0.2) is 35.0 Å². The van der Waals surface area contributed by atoms with Crippen LogP contribution in [0.5, 0.6) is 0 Å². The number of amides is 2. The lowest BCUT2D eigenvalue weighted by atomic mass is 9.70. The van der Waals surface area contributed by atoms with Crippen LogP contribution >= 0.6 is 0 Å². The van der Waals surface area contributed by atoms with Crippen molar-refractivity contribution in [2.75, 3.05) is 13.1 Å². The lowest BCUT2D eigenvalue weighted by Crippen LogP contribution is -2.34. The average molecular weight is 316 g/mol. The predicted octanol–water partition coefficient (Wildman–Crippen LogP) is 2.17. The first-order valence-corrected chi connectivity index (χ1v) is 8.26. The summed E-state index contributed by atoms with van der Waals surface area (Å²) in [7, 11) is 0. The largest absolute Gasteiger partial charge is 0.342 e. The van der Waals surface area contributed by atoms with Gasteiger partial charge >= 0.3 is 0 Å². The normalized spacial score (nSPS) is 23.5. The summed E-state index contributed by atoms with van der Waals surface area (Å²) in [6.45, 7) is 5.91. The highest BCUT2D eigenvalue weighted by atomic mass is 16.5. The summed E-state index contributed by atoms with van der Waals surface area (Å²) in [5, 5.41) is 8.80. The second kappa shape index (κ2) is 5.96. The average Bonchev–Trinajstić information content (AvgIpc) is 2.80. The molecule has 1 atom stereocenters. The third-order valence-corrected chi connectivity index (χ3v) is 5.05. The maximum atomic E-state index is 12.3. The minimum absolute atomic E-state index is 0.00723. The molecule has 3 rings (SSSR count). The molecule has 1 aliphatic heterocycles. The Morgan fingerprint density at radius 1 is 1.35 bits per heavy atom. The van der Waals surface area contributed by atoms with E-state index in [9.17, 15) is 9.59 Å². The van der Waals surface area contributed by atoms with Crippen molar-refractivity contribution < 1.29 is 14.8 Å². The number of benzene rings is 1. The summed E-state index contributed by atoms with van der Waals surface area (Å²) in [4.78, 5) is 26.0. The Kier molecular flexibility index (Phi) is 4.15. The molecule has 1 saturated heterocycles. The van der Waals surface area contributed by atoms with E-state index in [1.54, 1.807) is 11.5 Å². The van der Waals surface area contributed by atoms with Crippen LogP contribution in [0.4, 0.5) is 0 Å². The number of carbonyl (C=O) groups excluding carboxylic acids is 2. The van der Waals surface area contributed by atoms with Gasteiger partial charge in [-0.05, 0) is 48.4 Å². The minimum Gasteiger partial charge on any atom is -0.342 e. The van der Waals surface area contributed by atoms with Crippen molar-refractivity contribution in [2.45, 2.75) is 39.5 Å². The van der Waals surface area contributed by atoms with Gasteiger partial charge in [0.15, 0.2) is 0 Å². The molecule has 2 N–H and O–H groups in total. The van der Waals surface area contributed by atoms with Crippen LogP contribution in [0.1, 0.15) is 48.2 Å². The summed E-state index contributed by atoms with van der Waals surface area (Å²) in [5.74, 6) is 0.243. The van der Waals surface area contributed by atoms with Gasteiger partial charge in [0.1, 0.15) is 0 Å². The first-order valence-electron chi connectivity index (χ1n) is 8.26. The summed E-state index contributed by atoms with van der Waals surface area (Å²) in [6.07, 6.45) is 3.40. The van der Waals surface area contributed by atoms with Gasteiger partial charge in [-0.25, -0.2) is 5.48 Å². The van der Waals surface area contributed by atoms with Crippen molar-refractivity contribution in [1.29, 1.82) is 0 Å². The number of nitrogens with zero attached hydrogens (tertiary/aromatic N) is 1. The molecule has 23 heavy (non-hydrogen) atoms. The van der Waals surface area contributed by atoms with E-state index in [0.717, 1.165) is 37.9 Å². The van der Waals surface area contributed by atoms with Gasteiger partial charge in [-0.15, -0.1) is 0 Å². The monoisotopic (exact) mass is 316 g/mol. The van der Waals surface area contributed by atoms with Crippen molar-refractivity contribution in [1.82, 2.24) is 10.4 Å². The van der Waals surface area contributed by atoms with Gasteiger partial charge in [-0.3, -0.25) is 14.8 Å². The number of fused-ring (bicyclic) bond motifs is 1. The Labute approximate surface area is 136 Å². The van der Waals surface area contributed by atoms with Crippen LogP contribution in [0.3, 0.4) is 0 Å². The first kappa shape index (κ1) is 16.0. The first-order chi connectivity index (χ1) is 10.9. The highest BCUT2D eigenvalue weighted by molar-refractivity contribution is 5.93. The van der Waals surface area contributed by atoms with Gasteiger partial charge in [0.25, 0.3) is 5.91 Å².